The highest BCUT2D eigenvalue weighted by Gasteiger charge is 2.13. The number of nitrogens with one attached hydrogen (secondary N) is 2. The maximum Gasteiger partial charge on any atom is 0.329 e. The summed E-state index contributed by atoms with van der Waals surface area (Å²) < 4.78 is 11.2. The molecule has 2 amide bonds. The molecule has 0 aromatic heterocycles. The number of ether oxygens (including phenoxy) is 2. The van der Waals surface area contributed by atoms with Crippen LogP contribution in [0.1, 0.15) is 16.7 Å². The molecule has 3 aromatic rings. The third kappa shape index (κ3) is 6.97. The van der Waals surface area contributed by atoms with Gasteiger partial charge in [0.1, 0.15) is 6.61 Å². The minimum atomic E-state index is -0.919. The first-order chi connectivity index (χ1) is 15.9. The Morgan fingerprint density at radius 2 is 1.73 bits per heavy atom. The van der Waals surface area contributed by atoms with Crippen LogP contribution in [0.4, 0.5) is 5.69 Å². The molecule has 0 bridgehead atoms. The van der Waals surface area contributed by atoms with E-state index in [1.807, 2.05) is 19.1 Å². The molecule has 0 aliphatic rings. The van der Waals surface area contributed by atoms with E-state index in [1.54, 1.807) is 48.5 Å². The van der Waals surface area contributed by atoms with Gasteiger partial charge in [0, 0.05) is 15.7 Å². The third-order valence-corrected chi connectivity index (χ3v) is 5.17. The number of carbonyl (C=O) groups is 2. The van der Waals surface area contributed by atoms with Crippen LogP contribution in [0.25, 0.3) is 0 Å². The van der Waals surface area contributed by atoms with Gasteiger partial charge in [-0.15, -0.1) is 0 Å². The zero-order valence-electron chi connectivity index (χ0n) is 17.9. The second-order valence-electron chi connectivity index (χ2n) is 6.94. The van der Waals surface area contributed by atoms with Crippen molar-refractivity contribution < 1.29 is 19.1 Å². The maximum atomic E-state index is 12.0. The highest BCUT2D eigenvalue weighted by Crippen LogP contribution is 2.28. The van der Waals surface area contributed by atoms with Crippen LogP contribution >= 0.6 is 23.2 Å². The molecule has 0 aliphatic heterocycles. The number of amides is 2. The molecule has 2 N–H and O–H groups in total. The Balaban J connectivity index is 1.56. The van der Waals surface area contributed by atoms with Crippen LogP contribution in [0.3, 0.4) is 0 Å². The number of rotatable bonds is 7. The van der Waals surface area contributed by atoms with Crippen molar-refractivity contribution in [2.75, 3.05) is 12.4 Å². The molecule has 0 fully saturated rings. The lowest BCUT2D eigenvalue weighted by Gasteiger charge is -2.11. The summed E-state index contributed by atoms with van der Waals surface area (Å²) in [6.45, 7) is 2.18. The number of hydrogen-bond donors (Lipinski definition) is 2. The lowest BCUT2D eigenvalue weighted by molar-refractivity contribution is -0.136. The van der Waals surface area contributed by atoms with Gasteiger partial charge in [-0.2, -0.15) is 5.10 Å². The monoisotopic (exact) mass is 485 g/mol. The lowest BCUT2D eigenvalue weighted by atomic mass is 10.2. The summed E-state index contributed by atoms with van der Waals surface area (Å²) in [5.41, 5.74) is 5.05. The molecule has 0 atom stereocenters. The van der Waals surface area contributed by atoms with Gasteiger partial charge in [0.15, 0.2) is 11.5 Å². The van der Waals surface area contributed by atoms with Crippen molar-refractivity contribution in [3.05, 3.63) is 87.4 Å². The first-order valence-electron chi connectivity index (χ1n) is 9.81. The van der Waals surface area contributed by atoms with E-state index < -0.39 is 11.8 Å². The van der Waals surface area contributed by atoms with E-state index in [9.17, 15) is 9.59 Å². The summed E-state index contributed by atoms with van der Waals surface area (Å²) in [7, 11) is 1.52. The highest BCUT2D eigenvalue weighted by molar-refractivity contribution is 6.39. The van der Waals surface area contributed by atoms with E-state index in [0.717, 1.165) is 11.1 Å². The number of halogens is 2. The lowest BCUT2D eigenvalue weighted by Crippen LogP contribution is -2.32. The van der Waals surface area contributed by atoms with Crippen molar-refractivity contribution in [2.24, 2.45) is 5.10 Å². The van der Waals surface area contributed by atoms with Crippen LogP contribution < -0.4 is 20.2 Å². The molecule has 170 valence electrons. The molecular formula is C24H21Cl2N3O4. The Labute approximate surface area is 201 Å². The largest absolute Gasteiger partial charge is 0.493 e. The van der Waals surface area contributed by atoms with Crippen molar-refractivity contribution >= 4 is 46.9 Å². The Bertz CT molecular complexity index is 1180. The van der Waals surface area contributed by atoms with E-state index in [-0.39, 0.29) is 0 Å². The van der Waals surface area contributed by atoms with Gasteiger partial charge in [-0.05, 0) is 66.1 Å². The minimum absolute atomic E-state index is 0.346. The van der Waals surface area contributed by atoms with Gasteiger partial charge in [-0.25, -0.2) is 5.43 Å². The molecule has 0 heterocycles. The van der Waals surface area contributed by atoms with Crippen molar-refractivity contribution in [2.45, 2.75) is 13.5 Å². The van der Waals surface area contributed by atoms with E-state index >= 15 is 0 Å². The molecule has 0 unspecified atom stereocenters. The fourth-order valence-electron chi connectivity index (χ4n) is 2.70. The predicted molar refractivity (Wildman–Crippen MR) is 129 cm³/mol. The van der Waals surface area contributed by atoms with Crippen LogP contribution in [0, 0.1) is 6.92 Å². The van der Waals surface area contributed by atoms with Gasteiger partial charge < -0.3 is 14.8 Å². The highest BCUT2D eigenvalue weighted by atomic mass is 35.5. The summed E-state index contributed by atoms with van der Waals surface area (Å²) in [5.74, 6) is -0.744. The molecule has 7 nitrogen and oxygen atoms in total. The number of hydrazone groups is 1. The topological polar surface area (TPSA) is 89.0 Å². The zero-order valence-corrected chi connectivity index (χ0v) is 19.4. The van der Waals surface area contributed by atoms with Crippen molar-refractivity contribution in [1.82, 2.24) is 5.43 Å². The van der Waals surface area contributed by atoms with Gasteiger partial charge in [0.2, 0.25) is 0 Å². The van der Waals surface area contributed by atoms with Gasteiger partial charge in [0.25, 0.3) is 0 Å². The van der Waals surface area contributed by atoms with E-state index in [1.165, 1.54) is 13.3 Å². The molecule has 33 heavy (non-hydrogen) atoms. The zero-order chi connectivity index (χ0) is 23.8. The first kappa shape index (κ1) is 24.1. The quantitative estimate of drug-likeness (QED) is 0.280. The number of nitrogens with zero attached hydrogens (tertiary/aromatic N) is 1. The van der Waals surface area contributed by atoms with Crippen LogP contribution in [0.15, 0.2) is 65.8 Å². The third-order valence-electron chi connectivity index (χ3n) is 4.51. The summed E-state index contributed by atoms with van der Waals surface area (Å²) in [6, 6.07) is 17.5. The summed E-state index contributed by atoms with van der Waals surface area (Å²) >= 11 is 11.9. The number of aryl methyl sites for hydroxylation is 1. The van der Waals surface area contributed by atoms with Gasteiger partial charge in [-0.3, -0.25) is 9.59 Å². The molecule has 9 heteroatoms. The summed E-state index contributed by atoms with van der Waals surface area (Å²) in [4.78, 5) is 24.0. The predicted octanol–water partition coefficient (Wildman–Crippen LogP) is 4.98. The summed E-state index contributed by atoms with van der Waals surface area (Å²) in [6.07, 6.45) is 1.39. The minimum Gasteiger partial charge on any atom is -0.493 e. The van der Waals surface area contributed by atoms with Crippen molar-refractivity contribution in [3.63, 3.8) is 0 Å². The molecular weight excluding hydrogens is 465 g/mol. The van der Waals surface area contributed by atoms with Crippen molar-refractivity contribution in [3.8, 4) is 11.5 Å². The Kier molecular flexibility index (Phi) is 8.29. The van der Waals surface area contributed by atoms with Crippen LogP contribution in [0.5, 0.6) is 11.5 Å². The van der Waals surface area contributed by atoms with Gasteiger partial charge in [0.05, 0.1) is 13.3 Å². The fourth-order valence-corrected chi connectivity index (χ4v) is 3.01. The molecule has 0 spiro atoms. The second-order valence-corrected chi connectivity index (χ2v) is 7.79. The average Bonchev–Trinajstić information content (AvgIpc) is 2.81. The average molecular weight is 486 g/mol. The fraction of sp³-hybridized carbons (Fsp3) is 0.125. The van der Waals surface area contributed by atoms with Crippen molar-refractivity contribution in [1.29, 1.82) is 0 Å². The van der Waals surface area contributed by atoms with Crippen LogP contribution in [-0.4, -0.2) is 25.1 Å². The molecule has 0 saturated carbocycles. The van der Waals surface area contributed by atoms with Crippen LogP contribution in [0.2, 0.25) is 10.0 Å². The maximum absolute atomic E-state index is 12.0. The Morgan fingerprint density at radius 1 is 0.970 bits per heavy atom. The molecule has 3 aromatic carbocycles. The van der Waals surface area contributed by atoms with Crippen LogP contribution in [-0.2, 0) is 16.2 Å². The number of benzene rings is 3. The standard InChI is InChI=1S/C24H21Cl2N3O4/c1-15-3-9-19(12-20(15)26)28-23(30)24(31)29-27-13-17-6-10-21(22(11-17)32-2)33-14-16-4-7-18(25)8-5-16/h3-13H,14H2,1-2H3,(H,28,30)(H,29,31)/b27-13-. The molecule has 0 aliphatic carbocycles. The van der Waals surface area contributed by atoms with Gasteiger partial charge in [-0.1, -0.05) is 41.4 Å². The SMILES string of the molecule is COc1cc(/C=N\NC(=O)C(=O)Nc2ccc(C)c(Cl)c2)ccc1OCc1ccc(Cl)cc1. The molecule has 0 saturated heterocycles. The molecule has 3 rings (SSSR count). The number of anilines is 1. The number of methoxy groups -OCH3 is 1. The summed E-state index contributed by atoms with van der Waals surface area (Å²) in [5, 5.41) is 7.43. The Morgan fingerprint density at radius 3 is 2.42 bits per heavy atom. The van der Waals surface area contributed by atoms with Gasteiger partial charge >= 0.3 is 11.8 Å². The normalized spacial score (nSPS) is 10.7. The first-order valence-corrected chi connectivity index (χ1v) is 10.6. The number of hydrogen-bond acceptors (Lipinski definition) is 5. The smallest absolute Gasteiger partial charge is 0.329 e. The van der Waals surface area contributed by atoms with E-state index in [0.29, 0.717) is 39.4 Å². The number of carbonyl (C=O) groups excluding carboxylic acids is 2. The van der Waals surface area contributed by atoms with E-state index in [2.05, 4.69) is 15.8 Å². The second kappa shape index (κ2) is 11.4. The molecule has 0 radical (unpaired) electrons. The Hall–Kier alpha value is -3.55. The van der Waals surface area contributed by atoms with E-state index in [4.69, 9.17) is 32.7 Å².